The fourth-order valence-corrected chi connectivity index (χ4v) is 4.86. The van der Waals surface area contributed by atoms with Crippen LogP contribution >= 0.6 is 11.6 Å². The van der Waals surface area contributed by atoms with Crippen LogP contribution < -0.4 is 0 Å². The summed E-state index contributed by atoms with van der Waals surface area (Å²) in [5, 5.41) is 9.00. The quantitative estimate of drug-likeness (QED) is 0.478. The van der Waals surface area contributed by atoms with Crippen LogP contribution in [0.15, 0.2) is 76.6 Å². The first-order valence-electron chi connectivity index (χ1n) is 9.33. The largest absolute Gasteiger partial charge is 0.249 e. The highest BCUT2D eigenvalue weighted by atomic mass is 35.5. The van der Waals surface area contributed by atoms with Crippen molar-refractivity contribution in [2.24, 2.45) is 4.99 Å². The van der Waals surface area contributed by atoms with Crippen LogP contribution in [0.4, 0.5) is 0 Å². The minimum Gasteiger partial charge on any atom is -0.249 e. The second-order valence-corrected chi connectivity index (χ2v) is 9.67. The molecule has 1 unspecified atom stereocenters. The topological polar surface area (TPSA) is 70.3 Å². The molecule has 0 spiro atoms. The van der Waals surface area contributed by atoms with Gasteiger partial charge in [0.05, 0.1) is 4.90 Å². The highest BCUT2D eigenvalue weighted by Crippen LogP contribution is 2.32. The summed E-state index contributed by atoms with van der Waals surface area (Å²) in [6, 6.07) is 20.8. The van der Waals surface area contributed by atoms with Gasteiger partial charge >= 0.3 is 0 Å². The van der Waals surface area contributed by atoms with E-state index < -0.39 is 15.2 Å². The number of benzene rings is 3. The Morgan fingerprint density at radius 1 is 0.900 bits per heavy atom. The van der Waals surface area contributed by atoms with E-state index in [1.165, 1.54) is 0 Å². The van der Waals surface area contributed by atoms with Crippen molar-refractivity contribution in [1.82, 2.24) is 0 Å². The Bertz CT molecular complexity index is 1220. The van der Waals surface area contributed by atoms with Gasteiger partial charge in [-0.1, -0.05) is 58.6 Å². The predicted molar refractivity (Wildman–Crippen MR) is 121 cm³/mol. The Morgan fingerprint density at radius 3 is 2.00 bits per heavy atom. The summed E-state index contributed by atoms with van der Waals surface area (Å²) in [6.07, 6.45) is 0. The lowest BCUT2D eigenvalue weighted by Gasteiger charge is -2.16. The summed E-state index contributed by atoms with van der Waals surface area (Å²) < 4.78 is 27.0. The van der Waals surface area contributed by atoms with Gasteiger partial charge < -0.3 is 0 Å². The van der Waals surface area contributed by atoms with Crippen molar-refractivity contribution in [2.75, 3.05) is 0 Å². The van der Waals surface area contributed by atoms with E-state index in [1.54, 1.807) is 48.5 Å². The molecule has 0 amide bonds. The van der Waals surface area contributed by atoms with Crippen LogP contribution in [0.2, 0.25) is 5.02 Å². The Kier molecular flexibility index (Phi) is 6.40. The monoisotopic (exact) mass is 436 g/mol. The van der Waals surface area contributed by atoms with E-state index in [9.17, 15) is 13.7 Å². The maximum atomic E-state index is 13.5. The lowest BCUT2D eigenvalue weighted by molar-refractivity contribution is 0.584. The minimum atomic E-state index is -3.90. The third-order valence-electron chi connectivity index (χ3n) is 4.65. The van der Waals surface area contributed by atoms with Gasteiger partial charge in [0, 0.05) is 10.6 Å². The molecular formula is C24H21ClN2O2S. The minimum absolute atomic E-state index is 0.0671. The zero-order valence-electron chi connectivity index (χ0n) is 16.9. The molecule has 30 heavy (non-hydrogen) atoms. The maximum Gasteiger partial charge on any atom is 0.205 e. The molecule has 6 heteroatoms. The molecule has 3 aromatic rings. The molecule has 4 nitrogen and oxygen atoms in total. The van der Waals surface area contributed by atoms with Crippen LogP contribution in [0.1, 0.15) is 33.2 Å². The second-order valence-electron chi connectivity index (χ2n) is 7.23. The number of sulfone groups is 1. The molecule has 0 aliphatic heterocycles. The number of nitrogens with zero attached hydrogens (tertiary/aromatic N) is 2. The van der Waals surface area contributed by atoms with Crippen molar-refractivity contribution in [3.8, 4) is 6.07 Å². The molecule has 0 aromatic heterocycles. The van der Waals surface area contributed by atoms with Gasteiger partial charge in [-0.05, 0) is 62.7 Å². The standard InChI is InChI=1S/C24H21ClN2O2S/c1-16-4-10-22(11-5-16)30(28,29)24(19-6-8-21(25)9-7-19)27-23(15-26)20-13-17(2)12-18(3)14-20/h4-14,24H,1-3H3/b27-23+. The highest BCUT2D eigenvalue weighted by Gasteiger charge is 2.29. The molecular weight excluding hydrogens is 416 g/mol. The first-order valence-corrected chi connectivity index (χ1v) is 11.3. The van der Waals surface area contributed by atoms with Gasteiger partial charge in [0.15, 0.2) is 5.37 Å². The molecule has 0 radical (unpaired) electrons. The first-order chi connectivity index (χ1) is 14.2. The lowest BCUT2D eigenvalue weighted by Crippen LogP contribution is -2.15. The average Bonchev–Trinajstić information content (AvgIpc) is 2.69. The Hall–Kier alpha value is -2.94. The van der Waals surface area contributed by atoms with Crippen LogP contribution in [-0.2, 0) is 9.84 Å². The van der Waals surface area contributed by atoms with E-state index in [-0.39, 0.29) is 10.6 Å². The Balaban J connectivity index is 2.21. The molecule has 0 saturated carbocycles. The zero-order chi connectivity index (χ0) is 21.9. The number of rotatable bonds is 5. The van der Waals surface area contributed by atoms with Crippen LogP contribution in [0.25, 0.3) is 0 Å². The van der Waals surface area contributed by atoms with Crippen LogP contribution in [0, 0.1) is 32.1 Å². The summed E-state index contributed by atoms with van der Waals surface area (Å²) in [5.41, 5.74) is 3.99. The van der Waals surface area contributed by atoms with E-state index in [0.717, 1.165) is 16.7 Å². The second kappa shape index (κ2) is 8.83. The summed E-state index contributed by atoms with van der Waals surface area (Å²) in [4.78, 5) is 4.59. The molecule has 0 heterocycles. The summed E-state index contributed by atoms with van der Waals surface area (Å²) in [6.45, 7) is 5.73. The fourth-order valence-electron chi connectivity index (χ4n) is 3.20. The van der Waals surface area contributed by atoms with Crippen LogP contribution in [0.5, 0.6) is 0 Å². The van der Waals surface area contributed by atoms with E-state index in [2.05, 4.69) is 11.1 Å². The van der Waals surface area contributed by atoms with E-state index in [0.29, 0.717) is 16.1 Å². The van der Waals surface area contributed by atoms with Crippen molar-refractivity contribution in [3.05, 3.63) is 99.6 Å². The van der Waals surface area contributed by atoms with Gasteiger partial charge in [0.1, 0.15) is 11.8 Å². The number of hydrogen-bond acceptors (Lipinski definition) is 4. The molecule has 0 N–H and O–H groups in total. The average molecular weight is 437 g/mol. The van der Waals surface area contributed by atoms with Crippen LogP contribution in [-0.4, -0.2) is 14.1 Å². The number of aryl methyl sites for hydroxylation is 3. The molecule has 0 aliphatic rings. The molecule has 3 rings (SSSR count). The van der Waals surface area contributed by atoms with Crippen molar-refractivity contribution in [3.63, 3.8) is 0 Å². The summed E-state index contributed by atoms with van der Waals surface area (Å²) in [7, 11) is -3.90. The maximum absolute atomic E-state index is 13.5. The highest BCUT2D eigenvalue weighted by molar-refractivity contribution is 7.91. The van der Waals surface area contributed by atoms with E-state index in [4.69, 9.17) is 11.6 Å². The van der Waals surface area contributed by atoms with Gasteiger partial charge in [-0.15, -0.1) is 0 Å². The van der Waals surface area contributed by atoms with Crippen molar-refractivity contribution in [1.29, 1.82) is 5.26 Å². The fraction of sp³-hybridized carbons (Fsp3) is 0.167. The lowest BCUT2D eigenvalue weighted by atomic mass is 10.0. The molecule has 152 valence electrons. The van der Waals surface area contributed by atoms with E-state index >= 15 is 0 Å². The van der Waals surface area contributed by atoms with Gasteiger partial charge in [-0.2, -0.15) is 5.26 Å². The molecule has 3 aromatic carbocycles. The van der Waals surface area contributed by atoms with Gasteiger partial charge in [0.2, 0.25) is 9.84 Å². The van der Waals surface area contributed by atoms with Gasteiger partial charge in [-0.25, -0.2) is 13.4 Å². The third-order valence-corrected chi connectivity index (χ3v) is 6.79. The summed E-state index contributed by atoms with van der Waals surface area (Å²) >= 11 is 5.99. The third kappa shape index (κ3) is 4.79. The molecule has 0 saturated heterocycles. The summed E-state index contributed by atoms with van der Waals surface area (Å²) in [5.74, 6) is 0. The number of halogens is 1. The zero-order valence-corrected chi connectivity index (χ0v) is 18.5. The smallest absolute Gasteiger partial charge is 0.205 e. The first kappa shape index (κ1) is 21.8. The Labute approximate surface area is 182 Å². The van der Waals surface area contributed by atoms with Crippen molar-refractivity contribution >= 4 is 27.1 Å². The van der Waals surface area contributed by atoms with Crippen LogP contribution in [0.3, 0.4) is 0 Å². The number of hydrogen-bond donors (Lipinski definition) is 0. The molecule has 1 atom stereocenters. The Morgan fingerprint density at radius 2 is 1.47 bits per heavy atom. The normalized spacial score (nSPS) is 13.0. The van der Waals surface area contributed by atoms with Gasteiger partial charge in [0.25, 0.3) is 0 Å². The van der Waals surface area contributed by atoms with Crippen molar-refractivity contribution in [2.45, 2.75) is 31.0 Å². The van der Waals surface area contributed by atoms with E-state index in [1.807, 2.05) is 39.0 Å². The SMILES string of the molecule is Cc1ccc(S(=O)(=O)C(/N=C(\C#N)c2cc(C)cc(C)c2)c2ccc(Cl)cc2)cc1. The predicted octanol–water partition coefficient (Wildman–Crippen LogP) is 5.75. The molecule has 0 aliphatic carbocycles. The molecule has 0 bridgehead atoms. The van der Waals surface area contributed by atoms with Crippen molar-refractivity contribution < 1.29 is 8.42 Å². The number of aliphatic imine (C=N–C) groups is 1. The molecule has 0 fully saturated rings. The van der Waals surface area contributed by atoms with Gasteiger partial charge in [-0.3, -0.25) is 0 Å². The number of nitriles is 1.